The first-order valence-electron chi connectivity index (χ1n) is 5.01. The quantitative estimate of drug-likeness (QED) is 0.766. The highest BCUT2D eigenvalue weighted by Gasteiger charge is 2.22. The molecule has 1 unspecified atom stereocenters. The Kier molecular flexibility index (Phi) is 3.18. The van der Waals surface area contributed by atoms with E-state index in [4.69, 9.17) is 10.5 Å². The molecule has 0 aromatic heterocycles. The maximum absolute atomic E-state index is 9.01. The molecule has 1 aromatic carbocycles. The Balaban J connectivity index is 2.44. The molecule has 4 heteroatoms. The summed E-state index contributed by atoms with van der Waals surface area (Å²) in [5, 5.41) is 17.6. The van der Waals surface area contributed by atoms with Crippen LogP contribution in [0.25, 0.3) is 0 Å². The second kappa shape index (κ2) is 4.78. The van der Waals surface area contributed by atoms with Crippen molar-refractivity contribution in [3.05, 3.63) is 53.8 Å². The van der Waals surface area contributed by atoms with Crippen LogP contribution in [0.3, 0.4) is 0 Å². The van der Waals surface area contributed by atoms with Gasteiger partial charge >= 0.3 is 0 Å². The first-order valence-corrected chi connectivity index (χ1v) is 5.53. The number of thiol groups is 1. The van der Waals surface area contributed by atoms with Gasteiger partial charge in [0.1, 0.15) is 11.4 Å². The average Bonchev–Trinajstić information content (AvgIpc) is 2.40. The summed E-state index contributed by atoms with van der Waals surface area (Å²) in [6, 6.07) is 13.7. The van der Waals surface area contributed by atoms with Crippen LogP contribution in [-0.4, -0.2) is 5.37 Å². The Morgan fingerprint density at radius 1 is 1.12 bits per heavy atom. The Hall–Kier alpha value is -2.17. The van der Waals surface area contributed by atoms with E-state index in [-0.39, 0.29) is 5.37 Å². The zero-order chi connectivity index (χ0) is 12.3. The monoisotopic (exact) mass is 239 g/mol. The molecule has 1 atom stereocenters. The third kappa shape index (κ3) is 2.18. The maximum atomic E-state index is 9.01. The molecule has 0 amide bonds. The van der Waals surface area contributed by atoms with Crippen molar-refractivity contribution in [2.45, 2.75) is 5.37 Å². The van der Waals surface area contributed by atoms with E-state index in [1.807, 2.05) is 36.4 Å². The normalized spacial score (nSPS) is 18.8. The van der Waals surface area contributed by atoms with E-state index in [9.17, 15) is 0 Å². The molecule has 0 N–H and O–H groups in total. The van der Waals surface area contributed by atoms with Crippen LogP contribution in [0.4, 0.5) is 5.69 Å². The zero-order valence-electron chi connectivity index (χ0n) is 8.91. The molecule has 17 heavy (non-hydrogen) atoms. The molecule has 1 aliphatic rings. The van der Waals surface area contributed by atoms with Gasteiger partial charge in [-0.15, -0.1) is 12.6 Å². The van der Waals surface area contributed by atoms with Crippen LogP contribution >= 0.6 is 12.6 Å². The van der Waals surface area contributed by atoms with Crippen molar-refractivity contribution < 1.29 is 0 Å². The molecule has 2 rings (SSSR count). The van der Waals surface area contributed by atoms with Gasteiger partial charge < -0.3 is 4.90 Å². The first kappa shape index (κ1) is 11.3. The summed E-state index contributed by atoms with van der Waals surface area (Å²) in [5.41, 5.74) is 1.83. The highest BCUT2D eigenvalue weighted by Crippen LogP contribution is 2.28. The summed E-state index contributed by atoms with van der Waals surface area (Å²) in [5.74, 6) is 0. The second-order valence-electron chi connectivity index (χ2n) is 3.52. The lowest BCUT2D eigenvalue weighted by molar-refractivity contribution is 0.978. The van der Waals surface area contributed by atoms with Crippen molar-refractivity contribution >= 4 is 18.3 Å². The first-order chi connectivity index (χ1) is 8.26. The number of benzene rings is 1. The minimum absolute atomic E-state index is 0.348. The smallest absolute Gasteiger partial charge is 0.112 e. The van der Waals surface area contributed by atoms with Gasteiger partial charge in [-0.1, -0.05) is 18.2 Å². The minimum Gasteiger partial charge on any atom is -0.330 e. The van der Waals surface area contributed by atoms with Crippen LogP contribution in [0, 0.1) is 22.7 Å². The van der Waals surface area contributed by atoms with Crippen LogP contribution in [-0.2, 0) is 0 Å². The number of hydrogen-bond donors (Lipinski definition) is 1. The molecule has 0 fully saturated rings. The third-order valence-electron chi connectivity index (χ3n) is 2.44. The van der Waals surface area contributed by atoms with Crippen molar-refractivity contribution in [1.82, 2.24) is 0 Å². The lowest BCUT2D eigenvalue weighted by Crippen LogP contribution is -2.30. The number of allylic oxidation sites excluding steroid dienone is 2. The fourth-order valence-electron chi connectivity index (χ4n) is 1.62. The largest absolute Gasteiger partial charge is 0.330 e. The predicted octanol–water partition coefficient (Wildman–Crippen LogP) is 2.62. The van der Waals surface area contributed by atoms with Crippen molar-refractivity contribution in [3.8, 4) is 12.1 Å². The van der Waals surface area contributed by atoms with Crippen molar-refractivity contribution in [3.63, 3.8) is 0 Å². The number of nitriles is 2. The van der Waals surface area contributed by atoms with Crippen LogP contribution in [0.15, 0.2) is 53.8 Å². The third-order valence-corrected chi connectivity index (χ3v) is 2.97. The Morgan fingerprint density at radius 2 is 1.82 bits per heavy atom. The lowest BCUT2D eigenvalue weighted by Gasteiger charge is -2.29. The van der Waals surface area contributed by atoms with E-state index in [1.165, 1.54) is 0 Å². The molecule has 0 aliphatic carbocycles. The molecule has 0 bridgehead atoms. The zero-order valence-corrected chi connectivity index (χ0v) is 9.80. The molecule has 0 saturated heterocycles. The van der Waals surface area contributed by atoms with Gasteiger partial charge in [0.15, 0.2) is 0 Å². The van der Waals surface area contributed by atoms with Gasteiger partial charge in [0.2, 0.25) is 0 Å². The standard InChI is InChI=1S/C13H9N3S/c14-7-10-6-11(8-15)13(17)16(9-10)12-4-2-1-3-5-12/h1-6,9,13,17H. The molecule has 0 radical (unpaired) electrons. The van der Waals surface area contributed by atoms with Gasteiger partial charge in [-0.2, -0.15) is 10.5 Å². The van der Waals surface area contributed by atoms with Gasteiger partial charge in [-0.05, 0) is 18.2 Å². The lowest BCUT2D eigenvalue weighted by atomic mass is 10.1. The van der Waals surface area contributed by atoms with E-state index >= 15 is 0 Å². The summed E-state index contributed by atoms with van der Waals surface area (Å²) in [6.07, 6.45) is 3.27. The Morgan fingerprint density at radius 3 is 2.41 bits per heavy atom. The SMILES string of the molecule is N#CC1=CN(c2ccccc2)C(S)C(C#N)=C1. The molecule has 1 aromatic rings. The van der Waals surface area contributed by atoms with Crippen molar-refractivity contribution in [2.24, 2.45) is 0 Å². The molecule has 82 valence electrons. The summed E-state index contributed by atoms with van der Waals surface area (Å²) >= 11 is 4.40. The summed E-state index contributed by atoms with van der Waals surface area (Å²) in [4.78, 5) is 1.81. The van der Waals surface area contributed by atoms with E-state index in [0.29, 0.717) is 11.1 Å². The molecule has 0 saturated carbocycles. The molecule has 1 aliphatic heterocycles. The summed E-state index contributed by atoms with van der Waals surface area (Å²) in [6.45, 7) is 0. The number of hydrogen-bond acceptors (Lipinski definition) is 4. The second-order valence-corrected chi connectivity index (χ2v) is 4.01. The highest BCUT2D eigenvalue weighted by molar-refractivity contribution is 7.81. The van der Waals surface area contributed by atoms with Gasteiger partial charge in [0.25, 0.3) is 0 Å². The highest BCUT2D eigenvalue weighted by atomic mass is 32.1. The fourth-order valence-corrected chi connectivity index (χ4v) is 1.95. The number of para-hydroxylation sites is 1. The van der Waals surface area contributed by atoms with Crippen LogP contribution in [0.5, 0.6) is 0 Å². The van der Waals surface area contributed by atoms with Crippen LogP contribution < -0.4 is 4.90 Å². The van der Waals surface area contributed by atoms with Gasteiger partial charge in [0, 0.05) is 11.9 Å². The van der Waals surface area contributed by atoms with Crippen molar-refractivity contribution in [1.29, 1.82) is 10.5 Å². The Labute approximate surface area is 105 Å². The summed E-state index contributed by atoms with van der Waals surface area (Å²) in [7, 11) is 0. The molecular weight excluding hydrogens is 230 g/mol. The van der Waals surface area contributed by atoms with Crippen LogP contribution in [0.2, 0.25) is 0 Å². The molecular formula is C13H9N3S. The van der Waals surface area contributed by atoms with E-state index < -0.39 is 0 Å². The molecule has 1 heterocycles. The molecule has 0 spiro atoms. The van der Waals surface area contributed by atoms with Gasteiger partial charge in [-0.25, -0.2) is 0 Å². The molecule has 3 nitrogen and oxygen atoms in total. The summed E-state index contributed by atoms with van der Waals surface area (Å²) < 4.78 is 0. The fraction of sp³-hybridized carbons (Fsp3) is 0.0769. The van der Waals surface area contributed by atoms with E-state index in [0.717, 1.165) is 5.69 Å². The Bertz CT molecular complexity index is 561. The maximum Gasteiger partial charge on any atom is 0.112 e. The van der Waals surface area contributed by atoms with Gasteiger partial charge in [-0.3, -0.25) is 0 Å². The topological polar surface area (TPSA) is 50.8 Å². The predicted molar refractivity (Wildman–Crippen MR) is 69.1 cm³/mol. The van der Waals surface area contributed by atoms with Gasteiger partial charge in [0.05, 0.1) is 17.2 Å². The number of nitrogens with zero attached hydrogens (tertiary/aromatic N) is 3. The van der Waals surface area contributed by atoms with E-state index in [1.54, 1.807) is 17.2 Å². The van der Waals surface area contributed by atoms with Crippen LogP contribution in [0.1, 0.15) is 0 Å². The van der Waals surface area contributed by atoms with Crippen molar-refractivity contribution in [2.75, 3.05) is 4.90 Å². The average molecular weight is 239 g/mol. The van der Waals surface area contributed by atoms with E-state index in [2.05, 4.69) is 18.7 Å². The number of rotatable bonds is 1. The minimum atomic E-state index is -0.348. The number of anilines is 1.